The van der Waals surface area contributed by atoms with Gasteiger partial charge in [-0.3, -0.25) is 9.59 Å². The third-order valence-electron chi connectivity index (χ3n) is 3.44. The molecule has 1 aromatic carbocycles. The van der Waals surface area contributed by atoms with E-state index in [2.05, 4.69) is 0 Å². The first-order valence-electron chi connectivity index (χ1n) is 6.95. The Morgan fingerprint density at radius 2 is 2.18 bits per heavy atom. The quantitative estimate of drug-likeness (QED) is 0.591. The summed E-state index contributed by atoms with van der Waals surface area (Å²) in [7, 11) is 1.52. The monoisotopic (exact) mass is 416 g/mol. The number of carbonyl (C=O) groups is 2. The Morgan fingerprint density at radius 1 is 1.45 bits per heavy atom. The number of carbonyl (C=O) groups excluding carboxylic acids is 2. The minimum absolute atomic E-state index is 0.0445. The van der Waals surface area contributed by atoms with Gasteiger partial charge in [-0.05, 0) is 53.1 Å². The number of allylic oxidation sites excluding steroid dienone is 2. The number of ketones is 1. The summed E-state index contributed by atoms with van der Waals surface area (Å²) in [5.41, 5.74) is 2.30. The average Bonchev–Trinajstić information content (AvgIpc) is 2.48. The van der Waals surface area contributed by atoms with Gasteiger partial charge >= 0.3 is 5.97 Å². The number of ether oxygens (including phenoxy) is 2. The van der Waals surface area contributed by atoms with Crippen molar-refractivity contribution in [2.75, 3.05) is 13.7 Å². The first kappa shape index (κ1) is 16.8. The van der Waals surface area contributed by atoms with Gasteiger partial charge in [-0.2, -0.15) is 0 Å². The molecule has 5 nitrogen and oxygen atoms in total. The van der Waals surface area contributed by atoms with Crippen LogP contribution >= 0.6 is 22.6 Å². The predicted octanol–water partition coefficient (Wildman–Crippen LogP) is 2.86. The van der Waals surface area contributed by atoms with Crippen LogP contribution in [0.1, 0.15) is 30.9 Å². The van der Waals surface area contributed by atoms with Crippen molar-refractivity contribution in [3.05, 3.63) is 26.8 Å². The van der Waals surface area contributed by atoms with Crippen LogP contribution in [0.5, 0.6) is 11.5 Å². The third-order valence-corrected chi connectivity index (χ3v) is 4.64. The van der Waals surface area contributed by atoms with Crippen LogP contribution in [-0.4, -0.2) is 30.6 Å². The zero-order valence-corrected chi connectivity index (χ0v) is 14.6. The first-order valence-corrected chi connectivity index (χ1v) is 8.03. The average molecular weight is 416 g/mol. The van der Waals surface area contributed by atoms with E-state index in [1.165, 1.54) is 13.2 Å². The second-order valence-electron chi connectivity index (χ2n) is 4.88. The van der Waals surface area contributed by atoms with Gasteiger partial charge in [-0.25, -0.2) is 0 Å². The lowest BCUT2D eigenvalue weighted by molar-refractivity contribution is -0.143. The maximum atomic E-state index is 12.0. The van der Waals surface area contributed by atoms with Gasteiger partial charge in [0.25, 0.3) is 0 Å². The molecule has 0 atom stereocenters. The fraction of sp³-hybridized carbons (Fsp3) is 0.375. The number of aromatic hydroxyl groups is 1. The van der Waals surface area contributed by atoms with Gasteiger partial charge < -0.3 is 14.6 Å². The Labute approximate surface area is 142 Å². The summed E-state index contributed by atoms with van der Waals surface area (Å²) in [6.45, 7) is 2.09. The van der Waals surface area contributed by atoms with Crippen molar-refractivity contribution in [1.29, 1.82) is 0 Å². The molecule has 118 valence electrons. The van der Waals surface area contributed by atoms with Gasteiger partial charge in [0.1, 0.15) is 11.5 Å². The molecule has 0 amide bonds. The number of hydrogen-bond acceptors (Lipinski definition) is 5. The van der Waals surface area contributed by atoms with Crippen LogP contribution in [0.4, 0.5) is 0 Å². The Morgan fingerprint density at radius 3 is 2.82 bits per heavy atom. The van der Waals surface area contributed by atoms with E-state index in [1.807, 2.05) is 22.6 Å². The summed E-state index contributed by atoms with van der Waals surface area (Å²) >= 11 is 2.02. The minimum atomic E-state index is -0.296. The normalized spacial score (nSPS) is 13.4. The Balaban J connectivity index is 2.39. The number of methoxy groups -OCH3 is 1. The molecule has 0 fully saturated rings. The highest BCUT2D eigenvalue weighted by Gasteiger charge is 2.26. The Kier molecular flexibility index (Phi) is 5.44. The molecule has 0 radical (unpaired) electrons. The molecule has 0 heterocycles. The van der Waals surface area contributed by atoms with Crippen LogP contribution in [0.15, 0.2) is 12.1 Å². The second-order valence-corrected chi connectivity index (χ2v) is 5.96. The molecule has 0 saturated carbocycles. The molecule has 1 aromatic rings. The number of fused-ring (bicyclic) bond motifs is 1. The number of rotatable bonds is 5. The molecule has 0 aliphatic heterocycles. The van der Waals surface area contributed by atoms with E-state index in [1.54, 1.807) is 13.0 Å². The summed E-state index contributed by atoms with van der Waals surface area (Å²) < 4.78 is 10.9. The summed E-state index contributed by atoms with van der Waals surface area (Å²) in [5.74, 6) is 0.263. The number of halogens is 1. The van der Waals surface area contributed by atoms with E-state index < -0.39 is 0 Å². The molecule has 2 rings (SSSR count). The number of hydrogen-bond donors (Lipinski definition) is 1. The summed E-state index contributed by atoms with van der Waals surface area (Å²) in [4.78, 5) is 23.5. The summed E-state index contributed by atoms with van der Waals surface area (Å²) in [6, 6.07) is 1.54. The van der Waals surface area contributed by atoms with Gasteiger partial charge in [-0.15, -0.1) is 0 Å². The van der Waals surface area contributed by atoms with Gasteiger partial charge in [0.2, 0.25) is 0 Å². The van der Waals surface area contributed by atoms with Crippen molar-refractivity contribution < 1.29 is 24.2 Å². The number of benzene rings is 1. The van der Waals surface area contributed by atoms with Crippen molar-refractivity contribution in [2.45, 2.75) is 26.2 Å². The van der Waals surface area contributed by atoms with Crippen LogP contribution in [0, 0.1) is 3.57 Å². The molecular formula is C16H17IO5. The predicted molar refractivity (Wildman–Crippen MR) is 89.9 cm³/mol. The van der Waals surface area contributed by atoms with Crippen LogP contribution in [0.3, 0.4) is 0 Å². The lowest BCUT2D eigenvalue weighted by Gasteiger charge is -2.22. The zero-order chi connectivity index (χ0) is 16.3. The van der Waals surface area contributed by atoms with Gasteiger partial charge in [-0.1, -0.05) is 0 Å². The first-order chi connectivity index (χ1) is 10.5. The van der Waals surface area contributed by atoms with Crippen LogP contribution in [-0.2, 0) is 20.7 Å². The lowest BCUT2D eigenvalue weighted by atomic mass is 9.87. The largest absolute Gasteiger partial charge is 0.507 e. The SMILES string of the molecule is CCOC(=O)CCC1=CC(=O)Cc2c(I)c(O)cc(OC)c21. The molecule has 1 aliphatic rings. The van der Waals surface area contributed by atoms with E-state index in [4.69, 9.17) is 9.47 Å². The van der Waals surface area contributed by atoms with Gasteiger partial charge in [0.05, 0.1) is 17.3 Å². The molecule has 0 spiro atoms. The molecule has 0 unspecified atom stereocenters. The number of phenolic OH excluding ortho intramolecular Hbond substituents is 1. The van der Waals surface area contributed by atoms with Crippen molar-refractivity contribution in [3.63, 3.8) is 0 Å². The zero-order valence-electron chi connectivity index (χ0n) is 12.4. The maximum Gasteiger partial charge on any atom is 0.306 e. The van der Waals surface area contributed by atoms with E-state index in [0.29, 0.717) is 22.3 Å². The fourth-order valence-electron chi connectivity index (χ4n) is 2.51. The standard InChI is InChI=1S/C16H17IO5/c1-3-22-14(20)5-4-9-6-10(18)7-11-15(9)13(21-2)8-12(19)16(11)17/h6,8,19H,3-5,7H2,1-2H3. The smallest absolute Gasteiger partial charge is 0.306 e. The fourth-order valence-corrected chi connectivity index (χ4v) is 3.13. The van der Waals surface area contributed by atoms with E-state index in [9.17, 15) is 14.7 Å². The van der Waals surface area contributed by atoms with Crippen LogP contribution in [0.2, 0.25) is 0 Å². The number of esters is 1. The van der Waals surface area contributed by atoms with Crippen molar-refractivity contribution in [2.24, 2.45) is 0 Å². The van der Waals surface area contributed by atoms with E-state index >= 15 is 0 Å². The molecular weight excluding hydrogens is 399 g/mol. The highest BCUT2D eigenvalue weighted by molar-refractivity contribution is 14.1. The third kappa shape index (κ3) is 3.43. The topological polar surface area (TPSA) is 72.8 Å². The molecule has 22 heavy (non-hydrogen) atoms. The van der Waals surface area contributed by atoms with Gasteiger partial charge in [0.15, 0.2) is 5.78 Å². The number of phenols is 1. The van der Waals surface area contributed by atoms with E-state index in [-0.39, 0.29) is 30.3 Å². The van der Waals surface area contributed by atoms with Crippen LogP contribution < -0.4 is 4.74 Å². The molecule has 0 aromatic heterocycles. The minimum Gasteiger partial charge on any atom is -0.507 e. The van der Waals surface area contributed by atoms with Crippen molar-refractivity contribution in [3.8, 4) is 11.5 Å². The van der Waals surface area contributed by atoms with Crippen LogP contribution in [0.25, 0.3) is 5.57 Å². The Bertz CT molecular complexity index is 648. The van der Waals surface area contributed by atoms with Crippen molar-refractivity contribution >= 4 is 39.9 Å². The summed E-state index contributed by atoms with van der Waals surface area (Å²) in [6.07, 6.45) is 2.38. The maximum absolute atomic E-state index is 12.0. The highest BCUT2D eigenvalue weighted by Crippen LogP contribution is 2.41. The van der Waals surface area contributed by atoms with Crippen molar-refractivity contribution in [1.82, 2.24) is 0 Å². The molecule has 6 heteroatoms. The highest BCUT2D eigenvalue weighted by atomic mass is 127. The molecule has 0 saturated heterocycles. The molecule has 0 bridgehead atoms. The van der Waals surface area contributed by atoms with E-state index in [0.717, 1.165) is 16.7 Å². The molecule has 1 aliphatic carbocycles. The summed E-state index contributed by atoms with van der Waals surface area (Å²) in [5, 5.41) is 9.96. The Hall–Kier alpha value is -1.57. The lowest BCUT2D eigenvalue weighted by Crippen LogP contribution is -2.13. The second kappa shape index (κ2) is 7.13. The van der Waals surface area contributed by atoms with Gasteiger partial charge in [0, 0.05) is 24.5 Å². The molecule has 1 N–H and O–H groups in total.